The van der Waals surface area contributed by atoms with Crippen molar-refractivity contribution in [2.45, 2.75) is 6.42 Å². The van der Waals surface area contributed by atoms with E-state index in [0.29, 0.717) is 6.42 Å². The molecule has 22 heavy (non-hydrogen) atoms. The average Bonchev–Trinajstić information content (AvgIpc) is 2.55. The standard InChI is InChI=1S/C17H20N4O/c1-20-7-9-21(10-8-20)17-13(5-6-18)11-14-12-15(22-2)3-4-16(14)19-17/h3-4,11-12H,5,7-10H2,1-2H3. The molecule has 0 atom stereocenters. The molecule has 1 aliphatic heterocycles. The van der Waals surface area contributed by atoms with Gasteiger partial charge in [-0.2, -0.15) is 5.26 Å². The number of anilines is 1. The van der Waals surface area contributed by atoms with Crippen molar-refractivity contribution in [3.05, 3.63) is 29.8 Å². The summed E-state index contributed by atoms with van der Waals surface area (Å²) in [5, 5.41) is 10.1. The summed E-state index contributed by atoms with van der Waals surface area (Å²) in [7, 11) is 3.79. The molecular weight excluding hydrogens is 276 g/mol. The Morgan fingerprint density at radius 1 is 1.23 bits per heavy atom. The molecule has 1 fully saturated rings. The minimum Gasteiger partial charge on any atom is -0.497 e. The van der Waals surface area contributed by atoms with Crippen molar-refractivity contribution in [1.82, 2.24) is 9.88 Å². The molecule has 2 aromatic rings. The van der Waals surface area contributed by atoms with Crippen molar-refractivity contribution in [1.29, 1.82) is 5.26 Å². The number of fused-ring (bicyclic) bond motifs is 1. The first-order valence-corrected chi connectivity index (χ1v) is 7.49. The number of nitrogens with zero attached hydrogens (tertiary/aromatic N) is 4. The number of methoxy groups -OCH3 is 1. The van der Waals surface area contributed by atoms with Gasteiger partial charge in [0.25, 0.3) is 0 Å². The fraction of sp³-hybridized carbons (Fsp3) is 0.412. The fourth-order valence-corrected chi connectivity index (χ4v) is 2.82. The van der Waals surface area contributed by atoms with Crippen molar-refractivity contribution < 1.29 is 4.74 Å². The third kappa shape index (κ3) is 2.83. The van der Waals surface area contributed by atoms with E-state index in [9.17, 15) is 0 Å². The van der Waals surface area contributed by atoms with Gasteiger partial charge >= 0.3 is 0 Å². The Morgan fingerprint density at radius 2 is 2.00 bits per heavy atom. The van der Waals surface area contributed by atoms with Crippen LogP contribution >= 0.6 is 0 Å². The lowest BCUT2D eigenvalue weighted by molar-refractivity contribution is 0.312. The third-order valence-electron chi connectivity index (χ3n) is 4.15. The molecule has 5 heteroatoms. The minimum absolute atomic E-state index is 0.377. The van der Waals surface area contributed by atoms with Gasteiger partial charge in [-0.25, -0.2) is 4.98 Å². The number of aromatic nitrogens is 1. The molecule has 1 saturated heterocycles. The lowest BCUT2D eigenvalue weighted by Gasteiger charge is -2.34. The maximum absolute atomic E-state index is 9.13. The molecule has 0 aliphatic carbocycles. The highest BCUT2D eigenvalue weighted by atomic mass is 16.5. The number of pyridine rings is 1. The Hall–Kier alpha value is -2.32. The Bertz CT molecular complexity index is 714. The van der Waals surface area contributed by atoms with Crippen LogP contribution in [0.25, 0.3) is 10.9 Å². The molecule has 0 unspecified atom stereocenters. The van der Waals surface area contributed by atoms with Crippen LogP contribution in [0.5, 0.6) is 5.75 Å². The summed E-state index contributed by atoms with van der Waals surface area (Å²) in [5.74, 6) is 1.76. The zero-order chi connectivity index (χ0) is 15.5. The average molecular weight is 296 g/mol. The van der Waals surface area contributed by atoms with Gasteiger partial charge in [0, 0.05) is 37.1 Å². The van der Waals surface area contributed by atoms with Crippen molar-refractivity contribution in [3.63, 3.8) is 0 Å². The van der Waals surface area contributed by atoms with Crippen molar-refractivity contribution in [3.8, 4) is 11.8 Å². The van der Waals surface area contributed by atoms with Crippen LogP contribution in [0.3, 0.4) is 0 Å². The highest BCUT2D eigenvalue weighted by molar-refractivity contribution is 5.83. The van der Waals surface area contributed by atoms with Crippen LogP contribution in [-0.4, -0.2) is 50.2 Å². The lowest BCUT2D eigenvalue weighted by Crippen LogP contribution is -2.45. The Kier molecular flexibility index (Phi) is 4.12. The molecule has 2 heterocycles. The molecule has 0 N–H and O–H groups in total. The first-order chi connectivity index (χ1) is 10.7. The molecule has 5 nitrogen and oxygen atoms in total. The summed E-state index contributed by atoms with van der Waals surface area (Å²) in [6.07, 6.45) is 0.377. The second-order valence-electron chi connectivity index (χ2n) is 5.65. The van der Waals surface area contributed by atoms with Gasteiger partial charge in [0.1, 0.15) is 11.6 Å². The molecule has 0 bridgehead atoms. The molecule has 0 radical (unpaired) electrons. The number of benzene rings is 1. The van der Waals surface area contributed by atoms with Gasteiger partial charge < -0.3 is 14.5 Å². The van der Waals surface area contributed by atoms with E-state index >= 15 is 0 Å². The van der Waals surface area contributed by atoms with Crippen LogP contribution in [0.1, 0.15) is 5.56 Å². The van der Waals surface area contributed by atoms with Gasteiger partial charge in [-0.15, -0.1) is 0 Å². The predicted molar refractivity (Wildman–Crippen MR) is 87.3 cm³/mol. The number of likely N-dealkylation sites (N-methyl/N-ethyl adjacent to an activating group) is 1. The Balaban J connectivity index is 2.04. The fourth-order valence-electron chi connectivity index (χ4n) is 2.82. The zero-order valence-electron chi connectivity index (χ0n) is 13.0. The van der Waals surface area contributed by atoms with Gasteiger partial charge in [0.05, 0.1) is 25.1 Å². The van der Waals surface area contributed by atoms with E-state index in [0.717, 1.165) is 54.2 Å². The van der Waals surface area contributed by atoms with Crippen LogP contribution in [0.4, 0.5) is 5.82 Å². The van der Waals surface area contributed by atoms with Crippen LogP contribution in [0.2, 0.25) is 0 Å². The third-order valence-corrected chi connectivity index (χ3v) is 4.15. The van der Waals surface area contributed by atoms with Crippen molar-refractivity contribution in [2.24, 2.45) is 0 Å². The van der Waals surface area contributed by atoms with E-state index in [2.05, 4.69) is 29.0 Å². The van der Waals surface area contributed by atoms with Gasteiger partial charge in [0.15, 0.2) is 0 Å². The predicted octanol–water partition coefficient (Wildman–Crippen LogP) is 2.06. The largest absolute Gasteiger partial charge is 0.497 e. The quantitative estimate of drug-likeness (QED) is 0.868. The molecule has 1 aromatic carbocycles. The SMILES string of the molecule is COc1ccc2nc(N3CCN(C)CC3)c(CC#N)cc2c1. The molecule has 1 aromatic heterocycles. The molecule has 1 aliphatic rings. The first kappa shape index (κ1) is 14.6. The Morgan fingerprint density at radius 3 is 2.68 bits per heavy atom. The van der Waals surface area contributed by atoms with Crippen LogP contribution in [0, 0.1) is 11.3 Å². The normalized spacial score (nSPS) is 15.8. The molecule has 0 saturated carbocycles. The number of hydrogen-bond donors (Lipinski definition) is 0. The van der Waals surface area contributed by atoms with Gasteiger partial charge in [-0.3, -0.25) is 0 Å². The van der Waals surface area contributed by atoms with E-state index in [1.807, 2.05) is 18.2 Å². The highest BCUT2D eigenvalue weighted by Crippen LogP contribution is 2.27. The maximum atomic E-state index is 9.13. The second kappa shape index (κ2) is 6.20. The van der Waals surface area contributed by atoms with Gasteiger partial charge in [-0.05, 0) is 31.3 Å². The molecule has 114 valence electrons. The van der Waals surface area contributed by atoms with Crippen molar-refractivity contribution in [2.75, 3.05) is 45.2 Å². The number of nitriles is 1. The summed E-state index contributed by atoms with van der Waals surface area (Å²) in [4.78, 5) is 9.42. The highest BCUT2D eigenvalue weighted by Gasteiger charge is 2.19. The number of piperazine rings is 1. The van der Waals surface area contributed by atoms with E-state index in [4.69, 9.17) is 15.0 Å². The van der Waals surface area contributed by atoms with E-state index in [-0.39, 0.29) is 0 Å². The van der Waals surface area contributed by atoms with E-state index < -0.39 is 0 Å². The molecule has 3 rings (SSSR count). The summed E-state index contributed by atoms with van der Waals surface area (Å²) in [5.41, 5.74) is 1.93. The molecular formula is C17H20N4O. The van der Waals surface area contributed by atoms with E-state index in [1.165, 1.54) is 0 Å². The van der Waals surface area contributed by atoms with E-state index in [1.54, 1.807) is 7.11 Å². The summed E-state index contributed by atoms with van der Waals surface area (Å²) in [6.45, 7) is 3.94. The van der Waals surface area contributed by atoms with Gasteiger partial charge in [-0.1, -0.05) is 0 Å². The lowest BCUT2D eigenvalue weighted by atomic mass is 10.1. The van der Waals surface area contributed by atoms with Crippen LogP contribution in [-0.2, 0) is 6.42 Å². The van der Waals surface area contributed by atoms with Crippen molar-refractivity contribution >= 4 is 16.7 Å². The summed E-state index contributed by atoms with van der Waals surface area (Å²) >= 11 is 0. The monoisotopic (exact) mass is 296 g/mol. The number of rotatable bonds is 3. The smallest absolute Gasteiger partial charge is 0.133 e. The number of ether oxygens (including phenoxy) is 1. The number of hydrogen-bond acceptors (Lipinski definition) is 5. The van der Waals surface area contributed by atoms with Gasteiger partial charge in [0.2, 0.25) is 0 Å². The maximum Gasteiger partial charge on any atom is 0.133 e. The van der Waals surface area contributed by atoms with Crippen LogP contribution < -0.4 is 9.64 Å². The van der Waals surface area contributed by atoms with Crippen LogP contribution in [0.15, 0.2) is 24.3 Å². The minimum atomic E-state index is 0.377. The summed E-state index contributed by atoms with van der Waals surface area (Å²) < 4.78 is 5.27. The topological polar surface area (TPSA) is 52.4 Å². The summed E-state index contributed by atoms with van der Waals surface area (Å²) in [6, 6.07) is 10.2. The molecule has 0 spiro atoms. The Labute approximate surface area is 130 Å². The second-order valence-corrected chi connectivity index (χ2v) is 5.65. The molecule has 0 amide bonds. The first-order valence-electron chi connectivity index (χ1n) is 7.49. The zero-order valence-corrected chi connectivity index (χ0v) is 13.0.